The summed E-state index contributed by atoms with van der Waals surface area (Å²) in [4.78, 5) is 4.52. The van der Waals surface area contributed by atoms with E-state index in [-0.39, 0.29) is 0 Å². The lowest BCUT2D eigenvalue weighted by Crippen LogP contribution is -2.09. The molecule has 0 saturated heterocycles. The minimum atomic E-state index is 0.476. The second kappa shape index (κ2) is 15.2. The van der Waals surface area contributed by atoms with Gasteiger partial charge < -0.3 is 14.2 Å². The van der Waals surface area contributed by atoms with Crippen LogP contribution in [0.5, 0.6) is 0 Å². The molecule has 9 rings (SSSR count). The van der Waals surface area contributed by atoms with E-state index in [0.29, 0.717) is 11.8 Å². The van der Waals surface area contributed by atoms with Crippen molar-refractivity contribution in [3.63, 3.8) is 0 Å². The van der Waals surface area contributed by atoms with Gasteiger partial charge in [-0.05, 0) is 119 Å². The fourth-order valence-electron chi connectivity index (χ4n) is 6.93. The molecule has 0 saturated carbocycles. The van der Waals surface area contributed by atoms with Gasteiger partial charge in [0.2, 0.25) is 11.8 Å². The standard InChI is InChI=1S/C50H36N4O/c1-5-19-43(20-6-1)53(44-21-7-2-8-22-44)47-31-27-37(28-32-47)39-15-13-17-41(35-39)49-51-52-50(55-49)42-18-14-16-40(36-42)38-29-33-48(34-30-38)54(45-23-9-3-10-24-45)46-25-11-4-12-26-46/h1-36H. The Bertz CT molecular complexity index is 2360. The van der Waals surface area contributed by atoms with Gasteiger partial charge in [-0.2, -0.15) is 0 Å². The van der Waals surface area contributed by atoms with E-state index in [1.165, 1.54) is 0 Å². The van der Waals surface area contributed by atoms with Gasteiger partial charge >= 0.3 is 0 Å². The molecule has 0 radical (unpaired) electrons. The van der Waals surface area contributed by atoms with Crippen LogP contribution in [0.15, 0.2) is 223 Å². The molecule has 0 atom stereocenters. The second-order valence-electron chi connectivity index (χ2n) is 13.2. The number of hydrogen-bond donors (Lipinski definition) is 0. The highest BCUT2D eigenvalue weighted by molar-refractivity contribution is 5.80. The summed E-state index contributed by atoms with van der Waals surface area (Å²) in [5.41, 5.74) is 12.6. The van der Waals surface area contributed by atoms with Crippen LogP contribution >= 0.6 is 0 Å². The summed E-state index contributed by atoms with van der Waals surface area (Å²) in [6.07, 6.45) is 0. The zero-order valence-corrected chi connectivity index (χ0v) is 30.0. The highest BCUT2D eigenvalue weighted by Crippen LogP contribution is 2.38. The van der Waals surface area contributed by atoms with Crippen molar-refractivity contribution >= 4 is 34.1 Å². The van der Waals surface area contributed by atoms with E-state index >= 15 is 0 Å². The summed E-state index contributed by atoms with van der Waals surface area (Å²) in [6.45, 7) is 0. The molecule has 0 aliphatic heterocycles. The number of aromatic nitrogens is 2. The van der Waals surface area contributed by atoms with E-state index in [9.17, 15) is 0 Å². The van der Waals surface area contributed by atoms with Gasteiger partial charge in [0.05, 0.1) is 0 Å². The van der Waals surface area contributed by atoms with E-state index in [1.807, 2.05) is 48.5 Å². The Morgan fingerprint density at radius 1 is 0.255 bits per heavy atom. The highest BCUT2D eigenvalue weighted by Gasteiger charge is 2.16. The van der Waals surface area contributed by atoms with Crippen LogP contribution in [0.4, 0.5) is 34.1 Å². The molecule has 8 aromatic carbocycles. The van der Waals surface area contributed by atoms with Gasteiger partial charge in [-0.15, -0.1) is 10.2 Å². The van der Waals surface area contributed by atoms with E-state index in [1.54, 1.807) is 0 Å². The lowest BCUT2D eigenvalue weighted by molar-refractivity contribution is 0.584. The van der Waals surface area contributed by atoms with Crippen LogP contribution in [-0.2, 0) is 0 Å². The Hall–Kier alpha value is -7.50. The largest absolute Gasteiger partial charge is 0.416 e. The maximum Gasteiger partial charge on any atom is 0.248 e. The lowest BCUT2D eigenvalue weighted by atomic mass is 10.0. The topological polar surface area (TPSA) is 45.4 Å². The van der Waals surface area contributed by atoms with Gasteiger partial charge in [0.1, 0.15) is 0 Å². The molecule has 262 valence electrons. The van der Waals surface area contributed by atoms with E-state index in [0.717, 1.165) is 67.5 Å². The van der Waals surface area contributed by atoms with E-state index in [4.69, 9.17) is 4.42 Å². The molecule has 0 amide bonds. The number of hydrogen-bond acceptors (Lipinski definition) is 5. The van der Waals surface area contributed by atoms with Gasteiger partial charge in [-0.1, -0.05) is 121 Å². The molecule has 0 N–H and O–H groups in total. The molecule has 1 aromatic heterocycles. The fraction of sp³-hybridized carbons (Fsp3) is 0. The third-order valence-corrected chi connectivity index (χ3v) is 9.62. The van der Waals surface area contributed by atoms with Crippen molar-refractivity contribution in [1.82, 2.24) is 10.2 Å². The Balaban J connectivity index is 0.950. The summed E-state index contributed by atoms with van der Waals surface area (Å²) in [5, 5.41) is 8.93. The Morgan fingerprint density at radius 2 is 0.545 bits per heavy atom. The van der Waals surface area contributed by atoms with E-state index in [2.05, 4.69) is 190 Å². The predicted molar refractivity (Wildman–Crippen MR) is 225 cm³/mol. The number of rotatable bonds is 10. The number of anilines is 6. The second-order valence-corrected chi connectivity index (χ2v) is 13.2. The Morgan fingerprint density at radius 3 is 0.873 bits per heavy atom. The molecule has 5 nitrogen and oxygen atoms in total. The van der Waals surface area contributed by atoms with Gasteiger partial charge in [-0.3, -0.25) is 0 Å². The van der Waals surface area contributed by atoms with Crippen LogP contribution in [0.1, 0.15) is 0 Å². The molecule has 0 spiro atoms. The first kappa shape index (κ1) is 33.3. The van der Waals surface area contributed by atoms with Crippen LogP contribution in [-0.4, -0.2) is 10.2 Å². The van der Waals surface area contributed by atoms with Crippen LogP contribution in [0, 0.1) is 0 Å². The SMILES string of the molecule is c1ccc(N(c2ccccc2)c2ccc(-c3cccc(-c4nnc(-c5cccc(-c6ccc(N(c7ccccc7)c7ccccc7)cc6)c5)o4)c3)cc2)cc1. The molecule has 0 bridgehead atoms. The van der Waals surface area contributed by atoms with Gasteiger partial charge in [0.25, 0.3) is 0 Å². The molecule has 0 aliphatic rings. The third-order valence-electron chi connectivity index (χ3n) is 9.62. The molecule has 9 aromatic rings. The van der Waals surface area contributed by atoms with Crippen molar-refractivity contribution in [3.05, 3.63) is 218 Å². The first-order valence-corrected chi connectivity index (χ1v) is 18.3. The first-order valence-electron chi connectivity index (χ1n) is 18.3. The van der Waals surface area contributed by atoms with Gasteiger partial charge in [0, 0.05) is 45.3 Å². The van der Waals surface area contributed by atoms with Crippen LogP contribution in [0.2, 0.25) is 0 Å². The zero-order valence-electron chi connectivity index (χ0n) is 30.0. The molecule has 0 fully saturated rings. The zero-order chi connectivity index (χ0) is 36.8. The average Bonchev–Trinajstić information content (AvgIpc) is 3.77. The van der Waals surface area contributed by atoms with Crippen molar-refractivity contribution in [3.8, 4) is 45.2 Å². The highest BCUT2D eigenvalue weighted by atomic mass is 16.4. The molecule has 0 aliphatic carbocycles. The number of nitrogens with zero attached hydrogens (tertiary/aromatic N) is 4. The predicted octanol–water partition coefficient (Wildman–Crippen LogP) is 13.7. The quantitative estimate of drug-likeness (QED) is 0.142. The minimum absolute atomic E-state index is 0.476. The molecule has 5 heteroatoms. The fourth-order valence-corrected chi connectivity index (χ4v) is 6.93. The average molecular weight is 709 g/mol. The molecule has 0 unspecified atom stereocenters. The van der Waals surface area contributed by atoms with Crippen molar-refractivity contribution < 1.29 is 4.42 Å². The van der Waals surface area contributed by atoms with Crippen molar-refractivity contribution in [2.45, 2.75) is 0 Å². The summed E-state index contributed by atoms with van der Waals surface area (Å²) in [7, 11) is 0. The van der Waals surface area contributed by atoms with Gasteiger partial charge in [-0.25, -0.2) is 0 Å². The molecular weight excluding hydrogens is 673 g/mol. The van der Waals surface area contributed by atoms with Crippen molar-refractivity contribution in [1.29, 1.82) is 0 Å². The molecule has 55 heavy (non-hydrogen) atoms. The number of para-hydroxylation sites is 4. The molecule has 1 heterocycles. The van der Waals surface area contributed by atoms with Crippen LogP contribution < -0.4 is 9.80 Å². The summed E-state index contributed by atoms with van der Waals surface area (Å²) in [6, 6.07) is 75.5. The van der Waals surface area contributed by atoms with Crippen LogP contribution in [0.3, 0.4) is 0 Å². The Kier molecular flexibility index (Phi) is 9.23. The lowest BCUT2D eigenvalue weighted by Gasteiger charge is -2.25. The van der Waals surface area contributed by atoms with E-state index < -0.39 is 0 Å². The minimum Gasteiger partial charge on any atom is -0.416 e. The summed E-state index contributed by atoms with van der Waals surface area (Å²) in [5.74, 6) is 0.953. The normalized spacial score (nSPS) is 10.9. The smallest absolute Gasteiger partial charge is 0.248 e. The maximum absolute atomic E-state index is 6.30. The monoisotopic (exact) mass is 708 g/mol. The molecular formula is C50H36N4O. The van der Waals surface area contributed by atoms with Gasteiger partial charge in [0.15, 0.2) is 0 Å². The third kappa shape index (κ3) is 7.15. The summed E-state index contributed by atoms with van der Waals surface area (Å²) >= 11 is 0. The first-order chi connectivity index (χ1) is 27.3. The summed E-state index contributed by atoms with van der Waals surface area (Å²) < 4.78 is 6.30. The Labute approximate surface area is 321 Å². The van der Waals surface area contributed by atoms with Crippen LogP contribution in [0.25, 0.3) is 45.2 Å². The van der Waals surface area contributed by atoms with Crippen molar-refractivity contribution in [2.24, 2.45) is 0 Å². The van der Waals surface area contributed by atoms with Crippen molar-refractivity contribution in [2.75, 3.05) is 9.80 Å². The number of benzene rings is 8. The maximum atomic E-state index is 6.30.